The molecule has 7 nitrogen and oxygen atoms in total. The highest BCUT2D eigenvalue weighted by Crippen LogP contribution is 2.25. The molecule has 1 aliphatic heterocycles. The first-order valence-corrected chi connectivity index (χ1v) is 10.6. The Kier molecular flexibility index (Phi) is 5.94. The molecular weight excluding hydrogens is 409 g/mol. The molecular formula is C24H26FN5O2. The Bertz CT molecular complexity index is 1190. The van der Waals surface area contributed by atoms with Gasteiger partial charge in [-0.2, -0.15) is 0 Å². The van der Waals surface area contributed by atoms with Crippen molar-refractivity contribution < 1.29 is 9.18 Å². The Balaban J connectivity index is 1.50. The van der Waals surface area contributed by atoms with Crippen molar-refractivity contribution in [1.29, 1.82) is 0 Å². The van der Waals surface area contributed by atoms with Gasteiger partial charge < -0.3 is 16.4 Å². The molecule has 166 valence electrons. The molecule has 0 fully saturated rings. The summed E-state index contributed by atoms with van der Waals surface area (Å²) in [6.07, 6.45) is 2.75. The molecule has 0 unspecified atom stereocenters. The van der Waals surface area contributed by atoms with Crippen molar-refractivity contribution in [2.75, 3.05) is 11.1 Å². The van der Waals surface area contributed by atoms with E-state index in [-0.39, 0.29) is 35.7 Å². The van der Waals surface area contributed by atoms with Gasteiger partial charge in [0.25, 0.3) is 5.56 Å². The Morgan fingerprint density at radius 1 is 1.28 bits per heavy atom. The zero-order chi connectivity index (χ0) is 22.8. The van der Waals surface area contributed by atoms with E-state index < -0.39 is 6.04 Å². The fourth-order valence-corrected chi connectivity index (χ4v) is 4.09. The highest BCUT2D eigenvalue weighted by molar-refractivity contribution is 5.81. The SMILES string of the molecule is Cc1cc(F)cc(CNc2ncc3n(c2=O)[C@H](C(=O)N[C@H](C)c2ccc(N)cc2)CC3)c1. The molecule has 0 radical (unpaired) electrons. The number of aromatic nitrogens is 2. The second-order valence-corrected chi connectivity index (χ2v) is 8.22. The molecule has 1 aliphatic rings. The molecule has 32 heavy (non-hydrogen) atoms. The zero-order valence-corrected chi connectivity index (χ0v) is 18.1. The van der Waals surface area contributed by atoms with E-state index >= 15 is 0 Å². The molecule has 2 aromatic carbocycles. The van der Waals surface area contributed by atoms with E-state index in [0.29, 0.717) is 24.1 Å². The largest absolute Gasteiger partial charge is 0.399 e. The minimum Gasteiger partial charge on any atom is -0.399 e. The number of rotatable bonds is 6. The number of hydrogen-bond acceptors (Lipinski definition) is 5. The Morgan fingerprint density at radius 3 is 2.75 bits per heavy atom. The third-order valence-corrected chi connectivity index (χ3v) is 5.72. The minimum absolute atomic E-state index is 0.141. The molecule has 2 atom stereocenters. The number of fused-ring (bicyclic) bond motifs is 1. The van der Waals surface area contributed by atoms with Gasteiger partial charge in [-0.05, 0) is 67.6 Å². The first kappa shape index (κ1) is 21.5. The van der Waals surface area contributed by atoms with Gasteiger partial charge in [-0.3, -0.25) is 14.2 Å². The average molecular weight is 436 g/mol. The number of nitrogens with zero attached hydrogens (tertiary/aromatic N) is 2. The molecule has 0 bridgehead atoms. The monoisotopic (exact) mass is 435 g/mol. The standard InChI is InChI=1S/C24H26FN5O2/c1-14-9-16(11-18(25)10-14)12-27-22-24(32)30-20(13-28-22)7-8-21(30)23(31)29-15(2)17-3-5-19(26)6-4-17/h3-6,9-11,13,15,21H,7-8,12,26H2,1-2H3,(H,27,28)(H,29,31)/t15-,21+/m1/s1. The van der Waals surface area contributed by atoms with E-state index in [9.17, 15) is 14.0 Å². The van der Waals surface area contributed by atoms with Crippen LogP contribution in [0.1, 0.15) is 47.8 Å². The second kappa shape index (κ2) is 8.82. The number of amides is 1. The summed E-state index contributed by atoms with van der Waals surface area (Å²) in [4.78, 5) is 30.3. The summed E-state index contributed by atoms with van der Waals surface area (Å²) in [5.41, 5.74) is 9.20. The van der Waals surface area contributed by atoms with Crippen LogP contribution in [0.2, 0.25) is 0 Å². The van der Waals surface area contributed by atoms with Crippen LogP contribution in [0.3, 0.4) is 0 Å². The number of anilines is 2. The summed E-state index contributed by atoms with van der Waals surface area (Å²) in [5.74, 6) is -0.401. The summed E-state index contributed by atoms with van der Waals surface area (Å²) in [7, 11) is 0. The maximum atomic E-state index is 13.6. The molecule has 1 aromatic heterocycles. The van der Waals surface area contributed by atoms with Crippen molar-refractivity contribution in [3.05, 3.63) is 87.2 Å². The van der Waals surface area contributed by atoms with Gasteiger partial charge in [-0.1, -0.05) is 18.2 Å². The van der Waals surface area contributed by atoms with Crippen LogP contribution in [-0.2, 0) is 17.8 Å². The molecule has 0 saturated heterocycles. The van der Waals surface area contributed by atoms with Gasteiger partial charge in [0, 0.05) is 24.1 Å². The fraction of sp³-hybridized carbons (Fsp3) is 0.292. The maximum absolute atomic E-state index is 13.6. The quantitative estimate of drug-likeness (QED) is 0.516. The Morgan fingerprint density at radius 2 is 2.03 bits per heavy atom. The van der Waals surface area contributed by atoms with Gasteiger partial charge >= 0.3 is 0 Å². The number of nitrogen functional groups attached to an aromatic ring is 1. The summed E-state index contributed by atoms with van der Waals surface area (Å²) < 4.78 is 15.2. The van der Waals surface area contributed by atoms with E-state index in [0.717, 1.165) is 16.8 Å². The van der Waals surface area contributed by atoms with Gasteiger partial charge in [-0.25, -0.2) is 9.37 Å². The van der Waals surface area contributed by atoms with Crippen molar-refractivity contribution in [2.45, 2.75) is 45.3 Å². The van der Waals surface area contributed by atoms with Gasteiger partial charge in [0.2, 0.25) is 5.91 Å². The summed E-state index contributed by atoms with van der Waals surface area (Å²) in [6.45, 7) is 3.96. The lowest BCUT2D eigenvalue weighted by Gasteiger charge is -2.20. The molecule has 1 amide bonds. The van der Waals surface area contributed by atoms with Crippen molar-refractivity contribution >= 4 is 17.4 Å². The van der Waals surface area contributed by atoms with Crippen LogP contribution in [0.25, 0.3) is 0 Å². The first-order chi connectivity index (χ1) is 15.3. The van der Waals surface area contributed by atoms with E-state index in [1.807, 2.05) is 32.0 Å². The Labute approximate surface area is 185 Å². The number of aryl methyl sites for hydroxylation is 2. The predicted molar refractivity (Wildman–Crippen MR) is 122 cm³/mol. The fourth-order valence-electron chi connectivity index (χ4n) is 4.09. The third kappa shape index (κ3) is 4.49. The van der Waals surface area contributed by atoms with E-state index in [1.165, 1.54) is 16.7 Å². The minimum atomic E-state index is -0.603. The van der Waals surface area contributed by atoms with Crippen LogP contribution in [0.4, 0.5) is 15.9 Å². The summed E-state index contributed by atoms with van der Waals surface area (Å²) >= 11 is 0. The van der Waals surface area contributed by atoms with Crippen LogP contribution in [0.15, 0.2) is 53.5 Å². The van der Waals surface area contributed by atoms with Crippen LogP contribution < -0.4 is 21.9 Å². The normalized spacial score (nSPS) is 15.8. The lowest BCUT2D eigenvalue weighted by Crippen LogP contribution is -2.37. The molecule has 8 heteroatoms. The second-order valence-electron chi connectivity index (χ2n) is 8.22. The van der Waals surface area contributed by atoms with Crippen LogP contribution in [-0.4, -0.2) is 15.5 Å². The molecule has 2 heterocycles. The average Bonchev–Trinajstić information content (AvgIpc) is 3.18. The number of hydrogen-bond donors (Lipinski definition) is 3. The molecule has 0 saturated carbocycles. The number of halogens is 1. The van der Waals surface area contributed by atoms with Crippen molar-refractivity contribution in [1.82, 2.24) is 14.9 Å². The molecule has 0 aliphatic carbocycles. The number of nitrogens with two attached hydrogens (primary N) is 1. The Hall–Kier alpha value is -3.68. The van der Waals surface area contributed by atoms with Crippen LogP contribution >= 0.6 is 0 Å². The molecule has 0 spiro atoms. The van der Waals surface area contributed by atoms with E-state index in [2.05, 4.69) is 15.6 Å². The van der Waals surface area contributed by atoms with Crippen LogP contribution in [0.5, 0.6) is 0 Å². The highest BCUT2D eigenvalue weighted by atomic mass is 19.1. The maximum Gasteiger partial charge on any atom is 0.294 e. The van der Waals surface area contributed by atoms with E-state index in [1.54, 1.807) is 18.3 Å². The number of benzene rings is 2. The van der Waals surface area contributed by atoms with Crippen molar-refractivity contribution in [2.24, 2.45) is 0 Å². The topological polar surface area (TPSA) is 102 Å². The van der Waals surface area contributed by atoms with Gasteiger partial charge in [0.1, 0.15) is 11.9 Å². The van der Waals surface area contributed by atoms with Gasteiger partial charge in [0.05, 0.1) is 6.04 Å². The van der Waals surface area contributed by atoms with E-state index in [4.69, 9.17) is 5.73 Å². The number of nitrogens with one attached hydrogen (secondary N) is 2. The summed E-state index contributed by atoms with van der Waals surface area (Å²) in [5, 5.41) is 5.98. The van der Waals surface area contributed by atoms with Crippen molar-refractivity contribution in [3.63, 3.8) is 0 Å². The van der Waals surface area contributed by atoms with Crippen molar-refractivity contribution in [3.8, 4) is 0 Å². The number of carbonyl (C=O) groups excluding carboxylic acids is 1. The smallest absolute Gasteiger partial charge is 0.294 e. The van der Waals surface area contributed by atoms with Gasteiger partial charge in [0.15, 0.2) is 5.82 Å². The third-order valence-electron chi connectivity index (χ3n) is 5.72. The predicted octanol–water partition coefficient (Wildman–Crippen LogP) is 3.25. The molecule has 4 rings (SSSR count). The summed E-state index contributed by atoms with van der Waals surface area (Å²) in [6, 6.07) is 11.2. The lowest BCUT2D eigenvalue weighted by atomic mass is 10.1. The molecule has 4 N–H and O–H groups in total. The zero-order valence-electron chi connectivity index (χ0n) is 18.1. The molecule has 3 aromatic rings. The number of carbonyl (C=O) groups is 1. The van der Waals surface area contributed by atoms with Crippen LogP contribution in [0, 0.1) is 12.7 Å². The highest BCUT2D eigenvalue weighted by Gasteiger charge is 2.31. The van der Waals surface area contributed by atoms with Gasteiger partial charge in [-0.15, -0.1) is 0 Å². The lowest BCUT2D eigenvalue weighted by molar-refractivity contribution is -0.124. The first-order valence-electron chi connectivity index (χ1n) is 10.6.